The molecule has 0 saturated carbocycles. The Morgan fingerprint density at radius 1 is 0.909 bits per heavy atom. The second-order valence-corrected chi connectivity index (χ2v) is 2.82. The summed E-state index contributed by atoms with van der Waals surface area (Å²) in [6, 6.07) is 0. The maximum absolute atomic E-state index is 2.17. The molecular weight excluding hydrogens is 132 g/mol. The summed E-state index contributed by atoms with van der Waals surface area (Å²) in [7, 11) is 0. The summed E-state index contributed by atoms with van der Waals surface area (Å²) >= 11 is 0. The standard InChI is InChI=1S/C5H6.C4H10.C2H6/c1-2-4-5-3-1;1-4(2)3;1-2/h1-4H,5H2;4H,1-3H3;1-2H3. The van der Waals surface area contributed by atoms with E-state index in [1.54, 1.807) is 0 Å². The molecule has 0 heterocycles. The summed E-state index contributed by atoms with van der Waals surface area (Å²) in [6.45, 7) is 10.5. The van der Waals surface area contributed by atoms with Crippen molar-refractivity contribution in [1.29, 1.82) is 0 Å². The van der Waals surface area contributed by atoms with E-state index in [2.05, 4.69) is 45.1 Å². The average Bonchev–Trinajstić information content (AvgIpc) is 2.44. The predicted molar refractivity (Wildman–Crippen MR) is 54.8 cm³/mol. The van der Waals surface area contributed by atoms with Gasteiger partial charge in [0.05, 0.1) is 0 Å². The highest BCUT2D eigenvalue weighted by atomic mass is 13.8. The second-order valence-electron chi connectivity index (χ2n) is 2.82. The van der Waals surface area contributed by atoms with Gasteiger partial charge in [-0.15, -0.1) is 0 Å². The fourth-order valence-electron chi connectivity index (χ4n) is 0.393. The van der Waals surface area contributed by atoms with Crippen molar-refractivity contribution in [2.24, 2.45) is 5.92 Å². The zero-order valence-electron chi connectivity index (χ0n) is 8.59. The lowest BCUT2D eigenvalue weighted by Crippen LogP contribution is -1.66. The van der Waals surface area contributed by atoms with Crippen molar-refractivity contribution in [3.63, 3.8) is 0 Å². The molecule has 0 aromatic rings. The lowest BCUT2D eigenvalue weighted by atomic mass is 10.3. The van der Waals surface area contributed by atoms with Gasteiger partial charge in [-0.1, -0.05) is 58.9 Å². The van der Waals surface area contributed by atoms with Crippen LogP contribution in [-0.2, 0) is 0 Å². The molecule has 0 heteroatoms. The number of hydrogen-bond donors (Lipinski definition) is 0. The number of rotatable bonds is 0. The van der Waals surface area contributed by atoms with Gasteiger partial charge in [0.2, 0.25) is 0 Å². The third kappa shape index (κ3) is 26.4. The van der Waals surface area contributed by atoms with Gasteiger partial charge in [-0.05, 0) is 12.3 Å². The lowest BCUT2D eigenvalue weighted by molar-refractivity contribution is 0.737. The molecule has 0 saturated heterocycles. The van der Waals surface area contributed by atoms with Crippen molar-refractivity contribution in [2.75, 3.05) is 0 Å². The first-order valence-corrected chi connectivity index (χ1v) is 4.55. The van der Waals surface area contributed by atoms with Crippen molar-refractivity contribution in [2.45, 2.75) is 41.0 Å². The molecule has 0 amide bonds. The summed E-state index contributed by atoms with van der Waals surface area (Å²) < 4.78 is 0. The molecule has 0 aliphatic heterocycles. The van der Waals surface area contributed by atoms with Gasteiger partial charge in [0.25, 0.3) is 0 Å². The Hall–Kier alpha value is -0.520. The van der Waals surface area contributed by atoms with E-state index in [-0.39, 0.29) is 0 Å². The third-order valence-electron chi connectivity index (χ3n) is 0.655. The SMILES string of the molecule is C1=CCC=C1.CC.CC(C)C. The Bertz CT molecular complexity index is 83.9. The molecular formula is C11H22. The monoisotopic (exact) mass is 154 g/mol. The Morgan fingerprint density at radius 2 is 1.18 bits per heavy atom. The van der Waals surface area contributed by atoms with Gasteiger partial charge in [-0.2, -0.15) is 0 Å². The topological polar surface area (TPSA) is 0 Å². The minimum atomic E-state index is 0.833. The maximum Gasteiger partial charge on any atom is -0.0163 e. The predicted octanol–water partition coefficient (Wildman–Crippen LogP) is 4.19. The van der Waals surface area contributed by atoms with Crippen LogP contribution in [0.15, 0.2) is 24.3 Å². The van der Waals surface area contributed by atoms with Gasteiger partial charge in [0, 0.05) is 0 Å². The van der Waals surface area contributed by atoms with Crippen LogP contribution in [0.5, 0.6) is 0 Å². The first-order chi connectivity index (χ1) is 5.23. The largest absolute Gasteiger partial charge is 0.0808 e. The van der Waals surface area contributed by atoms with Crippen molar-refractivity contribution >= 4 is 0 Å². The molecule has 0 spiro atoms. The Kier molecular flexibility index (Phi) is 14.5. The van der Waals surface area contributed by atoms with E-state index in [1.807, 2.05) is 13.8 Å². The van der Waals surface area contributed by atoms with Crippen molar-refractivity contribution in [1.82, 2.24) is 0 Å². The van der Waals surface area contributed by atoms with Gasteiger partial charge >= 0.3 is 0 Å². The molecule has 11 heavy (non-hydrogen) atoms. The molecule has 1 aliphatic rings. The van der Waals surface area contributed by atoms with E-state index in [0.717, 1.165) is 12.3 Å². The van der Waals surface area contributed by atoms with Crippen LogP contribution >= 0.6 is 0 Å². The summed E-state index contributed by atoms with van der Waals surface area (Å²) in [5, 5.41) is 0. The minimum absolute atomic E-state index is 0.833. The maximum atomic E-state index is 2.17. The molecule has 0 aromatic carbocycles. The fourth-order valence-corrected chi connectivity index (χ4v) is 0.393. The van der Waals surface area contributed by atoms with E-state index < -0.39 is 0 Å². The molecule has 0 bridgehead atoms. The molecule has 0 atom stereocenters. The highest BCUT2D eigenvalue weighted by Crippen LogP contribution is 1.93. The van der Waals surface area contributed by atoms with E-state index in [0.29, 0.717) is 0 Å². The van der Waals surface area contributed by atoms with Gasteiger partial charge in [0.1, 0.15) is 0 Å². The summed E-state index contributed by atoms with van der Waals surface area (Å²) in [6.07, 6.45) is 9.50. The highest BCUT2D eigenvalue weighted by molar-refractivity contribution is 5.11. The number of allylic oxidation sites excluding steroid dienone is 4. The molecule has 1 aliphatic carbocycles. The second kappa shape index (κ2) is 12.2. The third-order valence-corrected chi connectivity index (χ3v) is 0.655. The fraction of sp³-hybridized carbons (Fsp3) is 0.636. The van der Waals surface area contributed by atoms with E-state index >= 15 is 0 Å². The number of hydrogen-bond acceptors (Lipinski definition) is 0. The van der Waals surface area contributed by atoms with Crippen molar-refractivity contribution in [3.8, 4) is 0 Å². The van der Waals surface area contributed by atoms with Crippen LogP contribution in [0.25, 0.3) is 0 Å². The van der Waals surface area contributed by atoms with Crippen molar-refractivity contribution in [3.05, 3.63) is 24.3 Å². The molecule has 1 rings (SSSR count). The quantitative estimate of drug-likeness (QED) is 0.490. The zero-order valence-corrected chi connectivity index (χ0v) is 8.59. The average molecular weight is 154 g/mol. The van der Waals surface area contributed by atoms with E-state index in [4.69, 9.17) is 0 Å². The summed E-state index contributed by atoms with van der Waals surface area (Å²) in [4.78, 5) is 0. The van der Waals surface area contributed by atoms with Gasteiger partial charge in [-0.25, -0.2) is 0 Å². The van der Waals surface area contributed by atoms with Crippen molar-refractivity contribution < 1.29 is 0 Å². The molecule has 0 fully saturated rings. The van der Waals surface area contributed by atoms with Gasteiger partial charge in [0.15, 0.2) is 0 Å². The minimum Gasteiger partial charge on any atom is -0.0808 e. The van der Waals surface area contributed by atoms with Crippen LogP contribution in [0.4, 0.5) is 0 Å². The van der Waals surface area contributed by atoms with Crippen LogP contribution < -0.4 is 0 Å². The highest BCUT2D eigenvalue weighted by Gasteiger charge is 1.72. The van der Waals surface area contributed by atoms with Gasteiger partial charge in [-0.3, -0.25) is 0 Å². The van der Waals surface area contributed by atoms with Crippen LogP contribution in [0.2, 0.25) is 0 Å². The molecule has 0 radical (unpaired) electrons. The van der Waals surface area contributed by atoms with Crippen LogP contribution in [0, 0.1) is 5.92 Å². The smallest absolute Gasteiger partial charge is 0.0163 e. The Morgan fingerprint density at radius 3 is 1.27 bits per heavy atom. The Balaban J connectivity index is 0. The molecule has 0 aromatic heterocycles. The van der Waals surface area contributed by atoms with E-state index in [1.165, 1.54) is 0 Å². The first kappa shape index (κ1) is 13.1. The molecule has 66 valence electrons. The van der Waals surface area contributed by atoms with Crippen LogP contribution in [-0.4, -0.2) is 0 Å². The summed E-state index contributed by atoms with van der Waals surface area (Å²) in [5.41, 5.74) is 0. The molecule has 0 nitrogen and oxygen atoms in total. The molecule has 0 N–H and O–H groups in total. The van der Waals surface area contributed by atoms with E-state index in [9.17, 15) is 0 Å². The normalized spacial score (nSPS) is 11.8. The Labute approximate surface area is 72.0 Å². The van der Waals surface area contributed by atoms with Crippen LogP contribution in [0.3, 0.4) is 0 Å². The zero-order chi connectivity index (χ0) is 9.11. The lowest BCUT2D eigenvalue weighted by Gasteiger charge is -1.79. The molecule has 0 unspecified atom stereocenters. The van der Waals surface area contributed by atoms with Crippen LogP contribution in [0.1, 0.15) is 41.0 Å². The summed E-state index contributed by atoms with van der Waals surface area (Å²) in [5.74, 6) is 0.833. The first-order valence-electron chi connectivity index (χ1n) is 4.55. The van der Waals surface area contributed by atoms with Gasteiger partial charge < -0.3 is 0 Å².